The fraction of sp³-hybridized carbons (Fsp3) is 0.100. The Labute approximate surface area is 186 Å². The number of anilines is 1. The molecular formula is C20H15Cl2N5O4. The molecule has 0 radical (unpaired) electrons. The lowest BCUT2D eigenvalue weighted by atomic mass is 10.1. The van der Waals surface area contributed by atoms with Gasteiger partial charge in [0, 0.05) is 22.7 Å². The van der Waals surface area contributed by atoms with Crippen molar-refractivity contribution in [3.05, 3.63) is 74.3 Å². The van der Waals surface area contributed by atoms with E-state index >= 15 is 0 Å². The molecule has 0 unspecified atom stereocenters. The molecule has 2 N–H and O–H groups in total. The summed E-state index contributed by atoms with van der Waals surface area (Å²) >= 11 is 12.0. The molecule has 0 bridgehead atoms. The van der Waals surface area contributed by atoms with Crippen molar-refractivity contribution < 1.29 is 14.5 Å². The monoisotopic (exact) mass is 459 g/mol. The van der Waals surface area contributed by atoms with Crippen LogP contribution in [-0.4, -0.2) is 22.5 Å². The number of carbonyl (C=O) groups is 1. The van der Waals surface area contributed by atoms with Crippen molar-refractivity contribution in [2.45, 2.75) is 6.92 Å². The Bertz CT molecular complexity index is 1180. The Morgan fingerprint density at radius 2 is 1.81 bits per heavy atom. The van der Waals surface area contributed by atoms with Crippen LogP contribution < -0.4 is 5.73 Å². The van der Waals surface area contributed by atoms with Gasteiger partial charge in [-0.25, -0.2) is 9.78 Å². The summed E-state index contributed by atoms with van der Waals surface area (Å²) < 4.78 is 5.00. The van der Waals surface area contributed by atoms with Gasteiger partial charge in [0.1, 0.15) is 28.5 Å². The molecule has 3 aromatic rings. The number of benzene rings is 2. The van der Waals surface area contributed by atoms with Gasteiger partial charge in [-0.15, -0.1) is 10.2 Å². The summed E-state index contributed by atoms with van der Waals surface area (Å²) in [5.41, 5.74) is 6.99. The van der Waals surface area contributed by atoms with E-state index in [-0.39, 0.29) is 40.1 Å². The van der Waals surface area contributed by atoms with Gasteiger partial charge in [-0.2, -0.15) is 0 Å². The molecular weight excluding hydrogens is 445 g/mol. The average molecular weight is 460 g/mol. The lowest BCUT2D eigenvalue weighted by Gasteiger charge is -2.10. The first kappa shape index (κ1) is 22.1. The van der Waals surface area contributed by atoms with Crippen LogP contribution in [0.1, 0.15) is 17.3 Å². The molecule has 0 saturated carbocycles. The van der Waals surface area contributed by atoms with Crippen LogP contribution in [0.3, 0.4) is 0 Å². The molecule has 0 aliphatic rings. The Balaban J connectivity index is 2.14. The number of ether oxygens (including phenoxy) is 1. The second-order valence-electron chi connectivity index (χ2n) is 6.11. The standard InChI is InChI=1S/C20H15Cl2N5O4/c1-2-31-20(28)14-10-17(18(24-19(14)23)11-3-5-12(21)6-4-11)26-25-16-9-13(27(29)30)7-8-15(16)22/h3-10H,2H2,1H3,(H2,23,24). The van der Waals surface area contributed by atoms with Gasteiger partial charge >= 0.3 is 5.97 Å². The second kappa shape index (κ2) is 9.50. The number of nitrogens with two attached hydrogens (primary N) is 1. The van der Waals surface area contributed by atoms with Gasteiger partial charge in [-0.1, -0.05) is 35.3 Å². The molecule has 3 rings (SSSR count). The van der Waals surface area contributed by atoms with Gasteiger partial charge in [-0.3, -0.25) is 10.1 Å². The number of halogens is 2. The number of nitro groups is 1. The molecule has 9 nitrogen and oxygen atoms in total. The van der Waals surface area contributed by atoms with Crippen molar-refractivity contribution in [2.24, 2.45) is 10.2 Å². The van der Waals surface area contributed by atoms with E-state index in [1.165, 1.54) is 24.3 Å². The number of nitrogen functional groups attached to an aromatic ring is 1. The number of carbonyl (C=O) groups excluding carboxylic acids is 1. The number of pyridine rings is 1. The van der Waals surface area contributed by atoms with Crippen LogP contribution in [0.25, 0.3) is 11.3 Å². The van der Waals surface area contributed by atoms with E-state index < -0.39 is 10.9 Å². The number of hydrogen-bond acceptors (Lipinski definition) is 8. The van der Waals surface area contributed by atoms with Crippen molar-refractivity contribution in [3.8, 4) is 11.3 Å². The third kappa shape index (κ3) is 5.14. The quantitative estimate of drug-likeness (QED) is 0.203. The largest absolute Gasteiger partial charge is 0.462 e. The van der Waals surface area contributed by atoms with Crippen LogP contribution >= 0.6 is 23.2 Å². The summed E-state index contributed by atoms with van der Waals surface area (Å²) in [4.78, 5) is 27.0. The summed E-state index contributed by atoms with van der Waals surface area (Å²) in [6, 6.07) is 11.9. The Morgan fingerprint density at radius 3 is 2.45 bits per heavy atom. The maximum Gasteiger partial charge on any atom is 0.341 e. The van der Waals surface area contributed by atoms with Gasteiger partial charge in [0.25, 0.3) is 5.69 Å². The van der Waals surface area contributed by atoms with E-state index in [2.05, 4.69) is 15.2 Å². The number of esters is 1. The van der Waals surface area contributed by atoms with Crippen LogP contribution in [0.5, 0.6) is 0 Å². The molecule has 1 aromatic heterocycles. The molecule has 0 fully saturated rings. The van der Waals surface area contributed by atoms with Crippen molar-refractivity contribution in [3.63, 3.8) is 0 Å². The molecule has 0 atom stereocenters. The number of nitrogens with zero attached hydrogens (tertiary/aromatic N) is 4. The molecule has 158 valence electrons. The normalized spacial score (nSPS) is 10.9. The first-order valence-electron chi connectivity index (χ1n) is 8.89. The zero-order valence-corrected chi connectivity index (χ0v) is 17.6. The van der Waals surface area contributed by atoms with Crippen molar-refractivity contribution in [2.75, 3.05) is 12.3 Å². The first-order valence-corrected chi connectivity index (χ1v) is 9.65. The van der Waals surface area contributed by atoms with E-state index in [9.17, 15) is 14.9 Å². The van der Waals surface area contributed by atoms with E-state index in [0.29, 0.717) is 16.3 Å². The van der Waals surface area contributed by atoms with Gasteiger partial charge in [0.2, 0.25) is 0 Å². The number of rotatable bonds is 6. The van der Waals surface area contributed by atoms with Crippen LogP contribution in [-0.2, 0) is 4.74 Å². The SMILES string of the molecule is CCOC(=O)c1cc(N=Nc2cc([N+](=O)[O-])ccc2Cl)c(-c2ccc(Cl)cc2)nc1N. The summed E-state index contributed by atoms with van der Waals surface area (Å²) in [5.74, 6) is -0.712. The lowest BCUT2D eigenvalue weighted by molar-refractivity contribution is -0.384. The predicted molar refractivity (Wildman–Crippen MR) is 117 cm³/mol. The highest BCUT2D eigenvalue weighted by molar-refractivity contribution is 6.33. The van der Waals surface area contributed by atoms with Crippen LogP contribution in [0, 0.1) is 10.1 Å². The molecule has 0 aliphatic carbocycles. The average Bonchev–Trinajstić information content (AvgIpc) is 2.74. The number of nitro benzene ring substituents is 1. The molecule has 0 amide bonds. The highest BCUT2D eigenvalue weighted by Gasteiger charge is 2.18. The predicted octanol–water partition coefficient (Wildman–Crippen LogP) is 6.14. The fourth-order valence-electron chi connectivity index (χ4n) is 2.58. The Morgan fingerprint density at radius 1 is 1.13 bits per heavy atom. The van der Waals surface area contributed by atoms with Gasteiger partial charge in [0.05, 0.1) is 16.6 Å². The van der Waals surface area contributed by atoms with Crippen LogP contribution in [0.2, 0.25) is 10.0 Å². The molecule has 11 heteroatoms. The van der Waals surface area contributed by atoms with Crippen molar-refractivity contribution in [1.82, 2.24) is 4.98 Å². The summed E-state index contributed by atoms with van der Waals surface area (Å²) in [5, 5.41) is 19.9. The molecule has 2 aromatic carbocycles. The molecule has 31 heavy (non-hydrogen) atoms. The summed E-state index contributed by atoms with van der Waals surface area (Å²) in [7, 11) is 0. The Kier molecular flexibility index (Phi) is 6.78. The van der Waals surface area contributed by atoms with Gasteiger partial charge in [0.15, 0.2) is 0 Å². The smallest absolute Gasteiger partial charge is 0.341 e. The molecule has 1 heterocycles. The number of aromatic nitrogens is 1. The molecule has 0 spiro atoms. The van der Waals surface area contributed by atoms with E-state index in [1.54, 1.807) is 31.2 Å². The number of non-ortho nitro benzene ring substituents is 1. The maximum absolute atomic E-state index is 12.2. The number of azo groups is 1. The zero-order valence-electron chi connectivity index (χ0n) is 16.1. The fourth-order valence-corrected chi connectivity index (χ4v) is 2.87. The van der Waals surface area contributed by atoms with Crippen LogP contribution in [0.15, 0.2) is 58.8 Å². The zero-order chi connectivity index (χ0) is 22.5. The van der Waals surface area contributed by atoms with E-state index in [1.807, 2.05) is 0 Å². The van der Waals surface area contributed by atoms with Gasteiger partial charge in [-0.05, 0) is 31.2 Å². The third-order valence-electron chi connectivity index (χ3n) is 4.05. The topological polar surface area (TPSA) is 133 Å². The third-order valence-corrected chi connectivity index (χ3v) is 4.62. The minimum Gasteiger partial charge on any atom is -0.462 e. The van der Waals surface area contributed by atoms with Gasteiger partial charge < -0.3 is 10.5 Å². The van der Waals surface area contributed by atoms with Crippen molar-refractivity contribution >= 4 is 52.1 Å². The molecule has 0 saturated heterocycles. The minimum absolute atomic E-state index is 0.0126. The summed E-state index contributed by atoms with van der Waals surface area (Å²) in [6.45, 7) is 1.81. The molecule has 0 aliphatic heterocycles. The number of hydrogen-bond donors (Lipinski definition) is 1. The van der Waals surface area contributed by atoms with Crippen molar-refractivity contribution in [1.29, 1.82) is 0 Å². The highest BCUT2D eigenvalue weighted by Crippen LogP contribution is 2.35. The van der Waals surface area contributed by atoms with E-state index in [4.69, 9.17) is 33.7 Å². The second-order valence-corrected chi connectivity index (χ2v) is 6.95. The highest BCUT2D eigenvalue weighted by atomic mass is 35.5. The maximum atomic E-state index is 12.2. The first-order chi connectivity index (χ1) is 14.8. The Hall–Kier alpha value is -3.56. The summed E-state index contributed by atoms with van der Waals surface area (Å²) in [6.07, 6.45) is 0. The van der Waals surface area contributed by atoms with E-state index in [0.717, 1.165) is 0 Å². The lowest BCUT2D eigenvalue weighted by Crippen LogP contribution is -2.09. The minimum atomic E-state index is -0.667. The van der Waals surface area contributed by atoms with Crippen LogP contribution in [0.4, 0.5) is 22.9 Å².